The van der Waals surface area contributed by atoms with Gasteiger partial charge in [-0.25, -0.2) is 17.2 Å². The van der Waals surface area contributed by atoms with Gasteiger partial charge in [-0.15, -0.1) is 0 Å². The molecule has 0 saturated heterocycles. The molecule has 0 radical (unpaired) electrons. The van der Waals surface area contributed by atoms with Crippen LogP contribution in [0, 0.1) is 15.2 Å². The molecule has 0 aromatic heterocycles. The Bertz CT molecular complexity index is 719. The number of anilines is 1. The van der Waals surface area contributed by atoms with Crippen molar-refractivity contribution in [3.8, 4) is 0 Å². The van der Waals surface area contributed by atoms with Gasteiger partial charge in [-0.2, -0.15) is 0 Å². The topological polar surface area (TPSA) is 46.2 Å². The summed E-state index contributed by atoms with van der Waals surface area (Å²) in [5.41, 5.74) is 0.315. The van der Waals surface area contributed by atoms with Crippen molar-refractivity contribution in [3.63, 3.8) is 0 Å². The van der Waals surface area contributed by atoms with Crippen molar-refractivity contribution in [2.75, 3.05) is 4.72 Å². The van der Waals surface area contributed by atoms with E-state index in [0.717, 1.165) is 15.7 Å². The van der Waals surface area contributed by atoms with Crippen LogP contribution in [0.4, 0.5) is 14.5 Å². The fourth-order valence-corrected chi connectivity index (χ4v) is 3.11. The summed E-state index contributed by atoms with van der Waals surface area (Å²) in [5.74, 6) is -1.95. The minimum Gasteiger partial charge on any atom is -0.280 e. The molecule has 0 aliphatic heterocycles. The van der Waals surface area contributed by atoms with E-state index in [1.54, 1.807) is 24.3 Å². The molecule has 19 heavy (non-hydrogen) atoms. The van der Waals surface area contributed by atoms with Crippen LogP contribution in [0.3, 0.4) is 0 Å². The molecule has 0 saturated carbocycles. The third-order valence-electron chi connectivity index (χ3n) is 2.26. The SMILES string of the molecule is O=S(=O)(Nc1cccc(I)c1)c1ccc(F)cc1F. The van der Waals surface area contributed by atoms with Crippen LogP contribution in [0.1, 0.15) is 0 Å². The van der Waals surface area contributed by atoms with Gasteiger partial charge < -0.3 is 0 Å². The van der Waals surface area contributed by atoms with Gasteiger partial charge in [0.1, 0.15) is 16.5 Å². The van der Waals surface area contributed by atoms with Gasteiger partial charge in [0, 0.05) is 15.3 Å². The zero-order valence-electron chi connectivity index (χ0n) is 9.40. The van der Waals surface area contributed by atoms with E-state index in [9.17, 15) is 17.2 Å². The lowest BCUT2D eigenvalue weighted by atomic mass is 10.3. The number of nitrogens with one attached hydrogen (secondary N) is 1. The summed E-state index contributed by atoms with van der Waals surface area (Å²) in [5, 5.41) is 0. The smallest absolute Gasteiger partial charge is 0.264 e. The summed E-state index contributed by atoms with van der Waals surface area (Å²) in [4.78, 5) is -0.590. The molecule has 100 valence electrons. The third-order valence-corrected chi connectivity index (χ3v) is 4.35. The maximum atomic E-state index is 13.5. The van der Waals surface area contributed by atoms with Gasteiger partial charge in [-0.1, -0.05) is 6.07 Å². The van der Waals surface area contributed by atoms with Crippen LogP contribution in [-0.2, 0) is 10.0 Å². The van der Waals surface area contributed by atoms with Gasteiger partial charge in [0.05, 0.1) is 0 Å². The predicted molar refractivity (Wildman–Crippen MR) is 76.3 cm³/mol. The molecule has 0 atom stereocenters. The first-order chi connectivity index (χ1) is 8.88. The fourth-order valence-electron chi connectivity index (χ4n) is 1.46. The lowest BCUT2D eigenvalue weighted by Gasteiger charge is -2.09. The average Bonchev–Trinajstić information content (AvgIpc) is 2.27. The summed E-state index contributed by atoms with van der Waals surface area (Å²) < 4.78 is 53.2. The minimum atomic E-state index is -4.07. The number of hydrogen-bond acceptors (Lipinski definition) is 2. The molecule has 1 N–H and O–H groups in total. The van der Waals surface area contributed by atoms with Crippen LogP contribution < -0.4 is 4.72 Å². The second-order valence-corrected chi connectivity index (χ2v) is 6.59. The molecule has 2 aromatic rings. The minimum absolute atomic E-state index is 0.315. The van der Waals surface area contributed by atoms with Crippen LogP contribution in [0.5, 0.6) is 0 Å². The van der Waals surface area contributed by atoms with Crippen molar-refractivity contribution in [3.05, 3.63) is 57.7 Å². The molecule has 3 nitrogen and oxygen atoms in total. The molecular formula is C12H8F2INO2S. The van der Waals surface area contributed by atoms with Gasteiger partial charge >= 0.3 is 0 Å². The molecule has 0 aliphatic rings. The highest BCUT2D eigenvalue weighted by Gasteiger charge is 2.19. The van der Waals surface area contributed by atoms with Crippen molar-refractivity contribution < 1.29 is 17.2 Å². The van der Waals surface area contributed by atoms with E-state index >= 15 is 0 Å². The molecule has 0 aliphatic carbocycles. The first-order valence-electron chi connectivity index (χ1n) is 5.12. The van der Waals surface area contributed by atoms with Crippen LogP contribution in [-0.4, -0.2) is 8.42 Å². The molecular weight excluding hydrogens is 387 g/mol. The first kappa shape index (κ1) is 14.2. The second kappa shape index (κ2) is 5.41. The Morgan fingerprint density at radius 3 is 2.42 bits per heavy atom. The van der Waals surface area contributed by atoms with Crippen molar-refractivity contribution in [2.45, 2.75) is 4.90 Å². The van der Waals surface area contributed by atoms with Crippen molar-refractivity contribution >= 4 is 38.3 Å². The van der Waals surface area contributed by atoms with Crippen molar-refractivity contribution in [1.82, 2.24) is 0 Å². The number of halogens is 3. The first-order valence-corrected chi connectivity index (χ1v) is 7.68. The molecule has 0 spiro atoms. The molecule has 7 heteroatoms. The molecule has 0 fully saturated rings. The number of hydrogen-bond donors (Lipinski definition) is 1. The standard InChI is InChI=1S/C12H8F2INO2S/c13-8-4-5-12(11(14)6-8)19(17,18)16-10-3-1-2-9(15)7-10/h1-7,16H. The number of rotatable bonds is 3. The molecule has 2 aromatic carbocycles. The van der Waals surface area contributed by atoms with Crippen LogP contribution in [0.25, 0.3) is 0 Å². The van der Waals surface area contributed by atoms with E-state index in [2.05, 4.69) is 4.72 Å². The Hall–Kier alpha value is -1.22. The maximum absolute atomic E-state index is 13.5. The van der Waals surface area contributed by atoms with E-state index in [0.29, 0.717) is 11.8 Å². The summed E-state index contributed by atoms with van der Waals surface area (Å²) in [7, 11) is -4.07. The van der Waals surface area contributed by atoms with Gasteiger partial charge in [-0.3, -0.25) is 4.72 Å². The van der Waals surface area contributed by atoms with E-state index in [-0.39, 0.29) is 0 Å². The Morgan fingerprint density at radius 2 is 1.79 bits per heavy atom. The average molecular weight is 395 g/mol. The third kappa shape index (κ3) is 3.41. The monoisotopic (exact) mass is 395 g/mol. The number of sulfonamides is 1. The van der Waals surface area contributed by atoms with Gasteiger partial charge in [0.15, 0.2) is 0 Å². The van der Waals surface area contributed by atoms with Crippen LogP contribution in [0.15, 0.2) is 47.4 Å². The molecule has 0 amide bonds. The van der Waals surface area contributed by atoms with E-state index in [1.165, 1.54) is 0 Å². The molecule has 0 unspecified atom stereocenters. The predicted octanol–water partition coefficient (Wildman–Crippen LogP) is 3.37. The summed E-state index contributed by atoms with van der Waals surface area (Å²) in [6.07, 6.45) is 0. The Labute approximate surface area is 122 Å². The molecule has 2 rings (SSSR count). The molecule has 0 bridgehead atoms. The highest BCUT2D eigenvalue weighted by molar-refractivity contribution is 14.1. The highest BCUT2D eigenvalue weighted by Crippen LogP contribution is 2.20. The lowest BCUT2D eigenvalue weighted by Crippen LogP contribution is -2.14. The summed E-state index contributed by atoms with van der Waals surface area (Å²) >= 11 is 2.02. The van der Waals surface area contributed by atoms with E-state index in [4.69, 9.17) is 0 Å². The van der Waals surface area contributed by atoms with E-state index < -0.39 is 26.6 Å². The maximum Gasteiger partial charge on any atom is 0.264 e. The van der Waals surface area contributed by atoms with E-state index in [1.807, 2.05) is 22.6 Å². The lowest BCUT2D eigenvalue weighted by molar-refractivity contribution is 0.551. The normalized spacial score (nSPS) is 11.3. The number of benzene rings is 2. The van der Waals surface area contributed by atoms with Crippen LogP contribution >= 0.6 is 22.6 Å². The van der Waals surface area contributed by atoms with Gasteiger partial charge in [-0.05, 0) is 52.9 Å². The fraction of sp³-hybridized carbons (Fsp3) is 0. The highest BCUT2D eigenvalue weighted by atomic mass is 127. The van der Waals surface area contributed by atoms with Crippen molar-refractivity contribution in [2.24, 2.45) is 0 Å². The molecule has 0 heterocycles. The zero-order chi connectivity index (χ0) is 14.0. The Morgan fingerprint density at radius 1 is 1.05 bits per heavy atom. The summed E-state index contributed by atoms with van der Waals surface area (Å²) in [6.45, 7) is 0. The van der Waals surface area contributed by atoms with Crippen LogP contribution in [0.2, 0.25) is 0 Å². The second-order valence-electron chi connectivity index (χ2n) is 3.69. The quantitative estimate of drug-likeness (QED) is 0.811. The zero-order valence-corrected chi connectivity index (χ0v) is 12.4. The van der Waals surface area contributed by atoms with Crippen molar-refractivity contribution in [1.29, 1.82) is 0 Å². The Kier molecular flexibility index (Phi) is 4.04. The van der Waals surface area contributed by atoms with Gasteiger partial charge in [0.2, 0.25) is 0 Å². The largest absolute Gasteiger partial charge is 0.280 e. The van der Waals surface area contributed by atoms with Gasteiger partial charge in [0.25, 0.3) is 10.0 Å². The Balaban J connectivity index is 2.38. The summed E-state index contributed by atoms with van der Waals surface area (Å²) in [6, 6.07) is 8.91.